The standard InChI is InChI=1S/C19H21N3O4S2/c1-13-11-15(28(25,26)22(3)4)12-18(14(13)2)21-27(23,24)19-9-5-8-17-16(19)7-6-10-20-17/h5-12,21H,1-4H3. The van der Waals surface area contributed by atoms with Gasteiger partial charge >= 0.3 is 0 Å². The van der Waals surface area contributed by atoms with E-state index in [1.54, 1.807) is 44.3 Å². The van der Waals surface area contributed by atoms with Crippen LogP contribution in [-0.4, -0.2) is 40.2 Å². The minimum Gasteiger partial charge on any atom is -0.279 e. The van der Waals surface area contributed by atoms with Gasteiger partial charge in [0.25, 0.3) is 10.0 Å². The van der Waals surface area contributed by atoms with Gasteiger partial charge in [-0.1, -0.05) is 6.07 Å². The number of aryl methyl sites for hydroxylation is 1. The van der Waals surface area contributed by atoms with Crippen molar-refractivity contribution >= 4 is 36.6 Å². The van der Waals surface area contributed by atoms with E-state index in [1.807, 2.05) is 0 Å². The molecule has 0 aliphatic carbocycles. The van der Waals surface area contributed by atoms with Gasteiger partial charge in [-0.05, 0) is 61.4 Å². The zero-order valence-corrected chi connectivity index (χ0v) is 17.6. The van der Waals surface area contributed by atoms with Crippen molar-refractivity contribution in [3.8, 4) is 0 Å². The number of sulfonamides is 2. The fourth-order valence-corrected chi connectivity index (χ4v) is 5.15. The Morgan fingerprint density at radius 1 is 0.964 bits per heavy atom. The lowest BCUT2D eigenvalue weighted by Gasteiger charge is -2.17. The number of fused-ring (bicyclic) bond motifs is 1. The van der Waals surface area contributed by atoms with Crippen molar-refractivity contribution < 1.29 is 16.8 Å². The first kappa shape index (κ1) is 20.2. The molecule has 0 saturated carbocycles. The number of nitrogens with zero attached hydrogens (tertiary/aromatic N) is 2. The van der Waals surface area contributed by atoms with Gasteiger partial charge in [-0.15, -0.1) is 0 Å². The first-order valence-electron chi connectivity index (χ1n) is 8.44. The van der Waals surface area contributed by atoms with Crippen LogP contribution >= 0.6 is 0 Å². The maximum atomic E-state index is 13.1. The molecule has 0 aliphatic heterocycles. The molecule has 148 valence electrons. The van der Waals surface area contributed by atoms with E-state index in [-0.39, 0.29) is 15.5 Å². The summed E-state index contributed by atoms with van der Waals surface area (Å²) >= 11 is 0. The van der Waals surface area contributed by atoms with Crippen LogP contribution in [0.15, 0.2) is 58.5 Å². The number of aromatic nitrogens is 1. The summed E-state index contributed by atoms with van der Waals surface area (Å²) in [5.74, 6) is 0. The van der Waals surface area contributed by atoms with Crippen molar-refractivity contribution in [3.05, 3.63) is 59.8 Å². The smallest absolute Gasteiger partial charge is 0.262 e. The molecule has 0 saturated heterocycles. The summed E-state index contributed by atoms with van der Waals surface area (Å²) in [6.07, 6.45) is 1.59. The van der Waals surface area contributed by atoms with Gasteiger partial charge in [0, 0.05) is 25.7 Å². The van der Waals surface area contributed by atoms with Crippen LogP contribution in [0, 0.1) is 13.8 Å². The fourth-order valence-electron chi connectivity index (χ4n) is 2.80. The molecule has 0 aliphatic rings. The van der Waals surface area contributed by atoms with Gasteiger partial charge in [0.1, 0.15) is 0 Å². The van der Waals surface area contributed by atoms with E-state index in [4.69, 9.17) is 0 Å². The molecule has 2 aromatic carbocycles. The topological polar surface area (TPSA) is 96.4 Å². The van der Waals surface area contributed by atoms with Gasteiger partial charge in [0.15, 0.2) is 0 Å². The highest BCUT2D eigenvalue weighted by atomic mass is 32.2. The molecular weight excluding hydrogens is 398 g/mol. The van der Waals surface area contributed by atoms with E-state index in [2.05, 4.69) is 9.71 Å². The van der Waals surface area contributed by atoms with Crippen LogP contribution in [0.2, 0.25) is 0 Å². The third-order valence-corrected chi connectivity index (χ3v) is 7.78. The van der Waals surface area contributed by atoms with Crippen molar-refractivity contribution in [2.75, 3.05) is 18.8 Å². The predicted molar refractivity (Wildman–Crippen MR) is 109 cm³/mol. The Hall–Kier alpha value is -2.49. The molecule has 0 unspecified atom stereocenters. The van der Waals surface area contributed by atoms with Gasteiger partial charge in [0.05, 0.1) is 21.0 Å². The fraction of sp³-hybridized carbons (Fsp3) is 0.211. The number of hydrogen-bond donors (Lipinski definition) is 1. The second-order valence-corrected chi connectivity index (χ2v) is 10.4. The van der Waals surface area contributed by atoms with Crippen LogP contribution in [0.3, 0.4) is 0 Å². The van der Waals surface area contributed by atoms with Crippen LogP contribution in [0.25, 0.3) is 10.9 Å². The van der Waals surface area contributed by atoms with Crippen molar-refractivity contribution in [1.29, 1.82) is 0 Å². The molecule has 3 aromatic rings. The molecule has 0 radical (unpaired) electrons. The molecule has 1 aromatic heterocycles. The van der Waals surface area contributed by atoms with Crippen molar-refractivity contribution in [3.63, 3.8) is 0 Å². The third kappa shape index (κ3) is 3.60. The maximum absolute atomic E-state index is 13.1. The number of hydrogen-bond acceptors (Lipinski definition) is 5. The molecule has 0 amide bonds. The molecule has 3 rings (SSSR count). The average molecular weight is 420 g/mol. The molecule has 0 spiro atoms. The van der Waals surface area contributed by atoms with E-state index < -0.39 is 20.0 Å². The first-order chi connectivity index (χ1) is 13.0. The molecule has 9 heteroatoms. The monoisotopic (exact) mass is 419 g/mol. The molecule has 0 fully saturated rings. The summed E-state index contributed by atoms with van der Waals surface area (Å²) in [6, 6.07) is 11.1. The zero-order chi connectivity index (χ0) is 20.7. The highest BCUT2D eigenvalue weighted by Crippen LogP contribution is 2.29. The highest BCUT2D eigenvalue weighted by molar-refractivity contribution is 7.93. The van der Waals surface area contributed by atoms with E-state index in [9.17, 15) is 16.8 Å². The average Bonchev–Trinajstić information content (AvgIpc) is 2.64. The minimum atomic E-state index is -3.96. The summed E-state index contributed by atoms with van der Waals surface area (Å²) in [4.78, 5) is 4.29. The van der Waals surface area contributed by atoms with E-state index in [0.717, 1.165) is 4.31 Å². The summed E-state index contributed by atoms with van der Waals surface area (Å²) in [7, 11) is -4.81. The van der Waals surface area contributed by atoms with Crippen molar-refractivity contribution in [2.24, 2.45) is 0 Å². The Morgan fingerprint density at radius 2 is 1.68 bits per heavy atom. The Labute approximate surface area is 165 Å². The molecule has 28 heavy (non-hydrogen) atoms. The van der Waals surface area contributed by atoms with Gasteiger partial charge in [-0.3, -0.25) is 9.71 Å². The Balaban J connectivity index is 2.14. The van der Waals surface area contributed by atoms with Crippen LogP contribution in [-0.2, 0) is 20.0 Å². The molecular formula is C19H21N3O4S2. The lowest BCUT2D eigenvalue weighted by atomic mass is 10.1. The van der Waals surface area contributed by atoms with Crippen molar-refractivity contribution in [2.45, 2.75) is 23.6 Å². The van der Waals surface area contributed by atoms with E-state index >= 15 is 0 Å². The molecule has 7 nitrogen and oxygen atoms in total. The van der Waals surface area contributed by atoms with Crippen LogP contribution in [0.5, 0.6) is 0 Å². The first-order valence-corrected chi connectivity index (χ1v) is 11.4. The van der Waals surface area contributed by atoms with Crippen LogP contribution in [0.4, 0.5) is 5.69 Å². The minimum absolute atomic E-state index is 0.0258. The summed E-state index contributed by atoms with van der Waals surface area (Å²) in [6.45, 7) is 3.48. The quantitative estimate of drug-likeness (QED) is 0.686. The van der Waals surface area contributed by atoms with Gasteiger partial charge in [-0.25, -0.2) is 21.1 Å². The van der Waals surface area contributed by atoms with E-state index in [0.29, 0.717) is 22.0 Å². The Bertz CT molecular complexity index is 1260. The predicted octanol–water partition coefficient (Wildman–Crippen LogP) is 2.90. The molecule has 1 N–H and O–H groups in total. The zero-order valence-electron chi connectivity index (χ0n) is 16.0. The summed E-state index contributed by atoms with van der Waals surface area (Å²) < 4.78 is 54.8. The van der Waals surface area contributed by atoms with Crippen LogP contribution in [0.1, 0.15) is 11.1 Å². The summed E-state index contributed by atoms with van der Waals surface area (Å²) in [5, 5.41) is 0.490. The lowest BCUT2D eigenvalue weighted by molar-refractivity contribution is 0.520. The summed E-state index contributed by atoms with van der Waals surface area (Å²) in [5.41, 5.74) is 2.10. The van der Waals surface area contributed by atoms with E-state index in [1.165, 1.54) is 32.3 Å². The lowest BCUT2D eigenvalue weighted by Crippen LogP contribution is -2.23. The largest absolute Gasteiger partial charge is 0.279 e. The second-order valence-electron chi connectivity index (χ2n) is 6.63. The highest BCUT2D eigenvalue weighted by Gasteiger charge is 2.23. The Morgan fingerprint density at radius 3 is 2.36 bits per heavy atom. The molecule has 1 heterocycles. The number of nitrogens with one attached hydrogen (secondary N) is 1. The second kappa shape index (κ2) is 7.16. The van der Waals surface area contributed by atoms with Crippen LogP contribution < -0.4 is 4.72 Å². The van der Waals surface area contributed by atoms with Gasteiger partial charge in [0.2, 0.25) is 10.0 Å². The normalized spacial score (nSPS) is 12.5. The van der Waals surface area contributed by atoms with Gasteiger partial charge < -0.3 is 0 Å². The van der Waals surface area contributed by atoms with Gasteiger partial charge in [-0.2, -0.15) is 0 Å². The number of rotatable bonds is 5. The SMILES string of the molecule is Cc1cc(S(=O)(=O)N(C)C)cc(NS(=O)(=O)c2cccc3ncccc23)c1C. The number of anilines is 1. The maximum Gasteiger partial charge on any atom is 0.262 e. The van der Waals surface area contributed by atoms with Crippen molar-refractivity contribution in [1.82, 2.24) is 9.29 Å². The number of pyridine rings is 1. The molecule has 0 atom stereocenters. The Kier molecular flexibility index (Phi) is 5.18. The number of benzene rings is 2. The molecule has 0 bridgehead atoms. The third-order valence-electron chi connectivity index (χ3n) is 4.56.